The number of aliphatic imine (C=N–C) groups is 1. The van der Waals surface area contributed by atoms with Crippen molar-refractivity contribution in [2.45, 2.75) is 6.54 Å². The second-order valence-corrected chi connectivity index (χ2v) is 9.88. The van der Waals surface area contributed by atoms with Gasteiger partial charge in [-0.2, -0.15) is 5.26 Å². The number of hydrogen-bond acceptors (Lipinski definition) is 3. The molecule has 2 heterocycles. The summed E-state index contributed by atoms with van der Waals surface area (Å²) in [6.07, 6.45) is 3.80. The van der Waals surface area contributed by atoms with Crippen molar-refractivity contribution in [3.05, 3.63) is 136 Å². The van der Waals surface area contributed by atoms with Crippen LogP contribution in [0.5, 0.6) is 0 Å². The third-order valence-electron chi connectivity index (χ3n) is 6.58. The van der Waals surface area contributed by atoms with Gasteiger partial charge in [0.15, 0.2) is 0 Å². The normalized spacial score (nSPS) is 11.3. The van der Waals surface area contributed by atoms with Crippen LogP contribution in [0.3, 0.4) is 0 Å². The Bertz CT molecular complexity index is 1860. The van der Waals surface area contributed by atoms with Gasteiger partial charge in [0.2, 0.25) is 5.88 Å². The SMILES string of the molecule is N#Cc1c(N=Cc2cn(Cc3ccc(Cl)c(Cl)c3)c3ccccc23)oc(-c2ccccc2)c1-c1ccccc1. The average Bonchev–Trinajstić information content (AvgIpc) is 3.53. The van der Waals surface area contributed by atoms with Gasteiger partial charge < -0.3 is 8.98 Å². The molecule has 0 atom stereocenters. The molecular weight excluding hydrogens is 525 g/mol. The first kappa shape index (κ1) is 24.8. The molecule has 2 aromatic heterocycles. The van der Waals surface area contributed by atoms with E-state index in [0.29, 0.717) is 27.9 Å². The van der Waals surface area contributed by atoms with Crippen molar-refractivity contribution >= 4 is 46.2 Å². The molecule has 0 aliphatic heterocycles. The fourth-order valence-electron chi connectivity index (χ4n) is 4.76. The smallest absolute Gasteiger partial charge is 0.238 e. The molecule has 6 heteroatoms. The Kier molecular flexibility index (Phi) is 6.77. The molecule has 0 aliphatic rings. The summed E-state index contributed by atoms with van der Waals surface area (Å²) < 4.78 is 8.43. The first-order chi connectivity index (χ1) is 19.1. The van der Waals surface area contributed by atoms with Crippen molar-refractivity contribution in [1.29, 1.82) is 5.26 Å². The lowest BCUT2D eigenvalue weighted by molar-refractivity contribution is 0.593. The third-order valence-corrected chi connectivity index (χ3v) is 7.32. The summed E-state index contributed by atoms with van der Waals surface area (Å²) in [6.45, 7) is 0.617. The molecule has 0 saturated heterocycles. The average molecular weight is 546 g/mol. The zero-order valence-corrected chi connectivity index (χ0v) is 22.2. The van der Waals surface area contributed by atoms with Gasteiger partial charge in [0, 0.05) is 46.5 Å². The number of para-hydroxylation sites is 1. The number of nitrogens with zero attached hydrogens (tertiary/aromatic N) is 3. The molecule has 0 N–H and O–H groups in total. The van der Waals surface area contributed by atoms with Crippen LogP contribution in [0, 0.1) is 11.3 Å². The third kappa shape index (κ3) is 4.86. The van der Waals surface area contributed by atoms with Crippen molar-refractivity contribution in [2.24, 2.45) is 4.99 Å². The van der Waals surface area contributed by atoms with Crippen LogP contribution in [0.25, 0.3) is 33.4 Å². The van der Waals surface area contributed by atoms with E-state index >= 15 is 0 Å². The van der Waals surface area contributed by atoms with Crippen LogP contribution >= 0.6 is 23.2 Å². The lowest BCUT2D eigenvalue weighted by atomic mass is 9.98. The molecule has 6 aromatic rings. The van der Waals surface area contributed by atoms with Crippen molar-refractivity contribution in [3.8, 4) is 28.5 Å². The lowest BCUT2D eigenvalue weighted by Gasteiger charge is -2.06. The van der Waals surface area contributed by atoms with E-state index in [0.717, 1.165) is 38.7 Å². The predicted molar refractivity (Wildman–Crippen MR) is 159 cm³/mol. The minimum absolute atomic E-state index is 0.275. The van der Waals surface area contributed by atoms with Gasteiger partial charge in [0.1, 0.15) is 17.4 Å². The van der Waals surface area contributed by atoms with E-state index in [4.69, 9.17) is 32.6 Å². The summed E-state index contributed by atoms with van der Waals surface area (Å²) in [7, 11) is 0. The highest BCUT2D eigenvalue weighted by atomic mass is 35.5. The maximum atomic E-state index is 10.2. The van der Waals surface area contributed by atoms with Crippen LogP contribution in [0.15, 0.2) is 119 Å². The van der Waals surface area contributed by atoms with Crippen LogP contribution in [-0.2, 0) is 6.54 Å². The van der Waals surface area contributed by atoms with Crippen molar-refractivity contribution in [3.63, 3.8) is 0 Å². The standard InChI is InChI=1S/C33H21Cl2N3O/c34-28-16-15-22(17-29(28)35)20-38-21-25(26-13-7-8-14-30(26)38)19-37-33-27(18-36)31(23-9-3-1-4-10-23)32(39-33)24-11-5-2-6-12-24/h1-17,19,21H,20H2. The summed E-state index contributed by atoms with van der Waals surface area (Å²) in [5.41, 5.74) is 5.91. The Morgan fingerprint density at radius 1 is 0.821 bits per heavy atom. The molecule has 0 radical (unpaired) electrons. The fourth-order valence-corrected chi connectivity index (χ4v) is 5.08. The van der Waals surface area contributed by atoms with Crippen molar-refractivity contribution in [2.75, 3.05) is 0 Å². The minimum atomic E-state index is 0.275. The molecular formula is C33H21Cl2N3O. The van der Waals surface area contributed by atoms with E-state index in [2.05, 4.69) is 22.8 Å². The van der Waals surface area contributed by atoms with Gasteiger partial charge in [-0.3, -0.25) is 0 Å². The van der Waals surface area contributed by atoms with Gasteiger partial charge in [0.05, 0.1) is 10.0 Å². The highest BCUT2D eigenvalue weighted by Gasteiger charge is 2.22. The second kappa shape index (κ2) is 10.7. The number of aromatic nitrogens is 1. The number of furan rings is 1. The first-order valence-corrected chi connectivity index (χ1v) is 13.1. The summed E-state index contributed by atoms with van der Waals surface area (Å²) in [4.78, 5) is 4.71. The Morgan fingerprint density at radius 2 is 1.51 bits per heavy atom. The number of rotatable bonds is 6. The van der Waals surface area contributed by atoms with Gasteiger partial charge in [0.25, 0.3) is 0 Å². The second-order valence-electron chi connectivity index (χ2n) is 9.07. The van der Waals surface area contributed by atoms with Gasteiger partial charge in [-0.25, -0.2) is 4.99 Å². The Hall–Kier alpha value is -4.56. The zero-order valence-electron chi connectivity index (χ0n) is 20.7. The Labute approximate surface area is 236 Å². The van der Waals surface area contributed by atoms with Gasteiger partial charge in [-0.15, -0.1) is 0 Å². The molecule has 0 fully saturated rings. The fraction of sp³-hybridized carbons (Fsp3) is 0.0303. The summed E-state index contributed by atoms with van der Waals surface area (Å²) in [5, 5.41) is 12.3. The van der Waals surface area contributed by atoms with Crippen LogP contribution in [0.1, 0.15) is 16.7 Å². The topological polar surface area (TPSA) is 54.2 Å². The predicted octanol–water partition coefficient (Wildman–Crippen LogP) is 9.55. The maximum absolute atomic E-state index is 10.2. The summed E-state index contributed by atoms with van der Waals surface area (Å²) in [6, 6.07) is 35.7. The number of nitriles is 1. The molecule has 4 nitrogen and oxygen atoms in total. The first-order valence-electron chi connectivity index (χ1n) is 12.4. The molecule has 0 bridgehead atoms. The van der Waals surface area contributed by atoms with E-state index in [-0.39, 0.29) is 5.88 Å². The number of halogens is 2. The largest absolute Gasteiger partial charge is 0.436 e. The van der Waals surface area contributed by atoms with Crippen LogP contribution in [0.2, 0.25) is 10.0 Å². The van der Waals surface area contributed by atoms with Gasteiger partial charge in [-0.1, -0.05) is 108 Å². The molecule has 6 rings (SSSR count). The van der Waals surface area contributed by atoms with E-state index in [9.17, 15) is 5.26 Å². The van der Waals surface area contributed by atoms with E-state index in [1.165, 1.54) is 0 Å². The van der Waals surface area contributed by atoms with Crippen LogP contribution in [-0.4, -0.2) is 10.8 Å². The molecule has 0 unspecified atom stereocenters. The highest BCUT2D eigenvalue weighted by Crippen LogP contribution is 2.42. The molecule has 188 valence electrons. The number of benzene rings is 4. The minimum Gasteiger partial charge on any atom is -0.436 e. The van der Waals surface area contributed by atoms with Crippen LogP contribution in [0.4, 0.5) is 5.88 Å². The van der Waals surface area contributed by atoms with E-state index in [1.807, 2.05) is 97.2 Å². The zero-order chi connectivity index (χ0) is 26.8. The quantitative estimate of drug-likeness (QED) is 0.195. The maximum Gasteiger partial charge on any atom is 0.238 e. The monoisotopic (exact) mass is 545 g/mol. The molecule has 4 aromatic carbocycles. The molecule has 39 heavy (non-hydrogen) atoms. The van der Waals surface area contributed by atoms with Gasteiger partial charge >= 0.3 is 0 Å². The number of fused-ring (bicyclic) bond motifs is 1. The van der Waals surface area contributed by atoms with Gasteiger partial charge in [-0.05, 0) is 29.3 Å². The van der Waals surface area contributed by atoms with E-state index in [1.54, 1.807) is 6.21 Å². The highest BCUT2D eigenvalue weighted by molar-refractivity contribution is 6.42. The van der Waals surface area contributed by atoms with E-state index < -0.39 is 0 Å². The summed E-state index contributed by atoms with van der Waals surface area (Å²) in [5.74, 6) is 0.893. The molecule has 0 spiro atoms. The van der Waals surface area contributed by atoms with Crippen molar-refractivity contribution in [1.82, 2.24) is 4.57 Å². The lowest BCUT2D eigenvalue weighted by Crippen LogP contribution is -1.97. The number of hydrogen-bond donors (Lipinski definition) is 0. The molecule has 0 amide bonds. The van der Waals surface area contributed by atoms with Crippen molar-refractivity contribution < 1.29 is 4.42 Å². The molecule has 0 aliphatic carbocycles. The Morgan fingerprint density at radius 3 is 2.23 bits per heavy atom. The van der Waals surface area contributed by atoms with Crippen LogP contribution < -0.4 is 0 Å². The Balaban J connectivity index is 1.44. The summed E-state index contributed by atoms with van der Waals surface area (Å²) >= 11 is 12.4. The molecule has 0 saturated carbocycles.